The second-order valence-corrected chi connectivity index (χ2v) is 2.52. The molecule has 1 N–H and O–H groups in total. The van der Waals surface area contributed by atoms with Gasteiger partial charge >= 0.3 is 0 Å². The van der Waals surface area contributed by atoms with Gasteiger partial charge in [-0.25, -0.2) is 0 Å². The summed E-state index contributed by atoms with van der Waals surface area (Å²) in [4.78, 5) is 2.02. The zero-order valence-corrected chi connectivity index (χ0v) is 7.00. The molecule has 0 amide bonds. The highest BCUT2D eigenvalue weighted by Crippen LogP contribution is 2.03. The summed E-state index contributed by atoms with van der Waals surface area (Å²) in [5.74, 6) is 0. The summed E-state index contributed by atoms with van der Waals surface area (Å²) < 4.78 is 4.96. The first-order valence-electron chi connectivity index (χ1n) is 3.67. The van der Waals surface area contributed by atoms with Crippen molar-refractivity contribution in [3.05, 3.63) is 24.3 Å². The molecule has 0 unspecified atom stereocenters. The molecule has 3 heteroatoms. The van der Waals surface area contributed by atoms with Crippen LogP contribution in [0.2, 0.25) is 0 Å². The highest BCUT2D eigenvalue weighted by molar-refractivity contribution is 5.09. The predicted molar refractivity (Wildman–Crippen MR) is 44.6 cm³/mol. The Balaban J connectivity index is 2.34. The van der Waals surface area contributed by atoms with E-state index in [1.54, 1.807) is 7.11 Å². The van der Waals surface area contributed by atoms with Crippen LogP contribution >= 0.6 is 0 Å². The maximum Gasteiger partial charge on any atom is 0.0517 e. The van der Waals surface area contributed by atoms with Gasteiger partial charge < -0.3 is 15.0 Å². The van der Waals surface area contributed by atoms with Gasteiger partial charge in [-0.3, -0.25) is 0 Å². The SMILES string of the molecule is COCCC1=CN(C)C=CN1. The quantitative estimate of drug-likeness (QED) is 0.652. The number of hydrogen-bond acceptors (Lipinski definition) is 3. The Bertz CT molecular complexity index is 175. The van der Waals surface area contributed by atoms with Crippen molar-refractivity contribution >= 4 is 0 Å². The zero-order chi connectivity index (χ0) is 8.10. The summed E-state index contributed by atoms with van der Waals surface area (Å²) >= 11 is 0. The van der Waals surface area contributed by atoms with Gasteiger partial charge in [-0.05, 0) is 0 Å². The maximum atomic E-state index is 4.96. The highest BCUT2D eigenvalue weighted by Gasteiger charge is 1.99. The fourth-order valence-corrected chi connectivity index (χ4v) is 0.937. The zero-order valence-electron chi connectivity index (χ0n) is 7.00. The molecule has 0 aromatic rings. The van der Waals surface area contributed by atoms with Crippen LogP contribution < -0.4 is 5.32 Å². The lowest BCUT2D eigenvalue weighted by Gasteiger charge is -2.17. The lowest BCUT2D eigenvalue weighted by molar-refractivity contribution is 0.200. The molecule has 3 nitrogen and oxygen atoms in total. The molecule has 62 valence electrons. The van der Waals surface area contributed by atoms with Crippen molar-refractivity contribution in [2.24, 2.45) is 0 Å². The number of hydrogen-bond donors (Lipinski definition) is 1. The van der Waals surface area contributed by atoms with Crippen LogP contribution in [0.15, 0.2) is 24.3 Å². The number of methoxy groups -OCH3 is 1. The molecule has 0 fully saturated rings. The van der Waals surface area contributed by atoms with E-state index in [0.29, 0.717) is 0 Å². The van der Waals surface area contributed by atoms with Crippen molar-refractivity contribution in [1.82, 2.24) is 10.2 Å². The van der Waals surface area contributed by atoms with Gasteiger partial charge in [0.25, 0.3) is 0 Å². The van der Waals surface area contributed by atoms with Gasteiger partial charge in [-0.15, -0.1) is 0 Å². The molecule has 0 aliphatic carbocycles. The predicted octanol–water partition coefficient (Wildman–Crippen LogP) is 0.871. The van der Waals surface area contributed by atoms with Crippen LogP contribution in [-0.4, -0.2) is 25.7 Å². The van der Waals surface area contributed by atoms with Gasteiger partial charge in [0.05, 0.1) is 6.61 Å². The van der Waals surface area contributed by atoms with Crippen molar-refractivity contribution in [1.29, 1.82) is 0 Å². The highest BCUT2D eigenvalue weighted by atomic mass is 16.5. The Labute approximate surface area is 67.3 Å². The van der Waals surface area contributed by atoms with Crippen molar-refractivity contribution in [2.45, 2.75) is 6.42 Å². The molecule has 0 saturated heterocycles. The molecule has 1 aliphatic rings. The van der Waals surface area contributed by atoms with E-state index >= 15 is 0 Å². The molecule has 0 bridgehead atoms. The van der Waals surface area contributed by atoms with E-state index in [9.17, 15) is 0 Å². The van der Waals surface area contributed by atoms with Crippen LogP contribution in [-0.2, 0) is 4.74 Å². The maximum absolute atomic E-state index is 4.96. The average molecular weight is 154 g/mol. The van der Waals surface area contributed by atoms with Gasteiger partial charge in [0.15, 0.2) is 0 Å². The summed E-state index contributed by atoms with van der Waals surface area (Å²) in [5, 5.41) is 3.14. The number of ether oxygens (including phenoxy) is 1. The molecule has 0 atom stereocenters. The minimum atomic E-state index is 0.764. The first-order valence-corrected chi connectivity index (χ1v) is 3.67. The monoisotopic (exact) mass is 154 g/mol. The van der Waals surface area contributed by atoms with Crippen molar-refractivity contribution in [3.63, 3.8) is 0 Å². The molecule has 11 heavy (non-hydrogen) atoms. The minimum absolute atomic E-state index is 0.764. The third kappa shape index (κ3) is 2.63. The van der Waals surface area contributed by atoms with Crippen LogP contribution in [0.3, 0.4) is 0 Å². The van der Waals surface area contributed by atoms with E-state index in [1.165, 1.54) is 5.70 Å². The third-order valence-electron chi connectivity index (χ3n) is 1.51. The first-order chi connectivity index (χ1) is 5.33. The van der Waals surface area contributed by atoms with Gasteiger partial charge in [-0.2, -0.15) is 0 Å². The number of nitrogens with one attached hydrogen (secondary N) is 1. The molecule has 0 aromatic carbocycles. The van der Waals surface area contributed by atoms with Crippen molar-refractivity contribution in [3.8, 4) is 0 Å². The second kappa shape index (κ2) is 4.03. The summed E-state index contributed by atoms with van der Waals surface area (Å²) in [6, 6.07) is 0. The van der Waals surface area contributed by atoms with E-state index < -0.39 is 0 Å². The molecule has 0 spiro atoms. The van der Waals surface area contributed by atoms with E-state index in [1.807, 2.05) is 24.3 Å². The van der Waals surface area contributed by atoms with E-state index in [4.69, 9.17) is 4.74 Å². The third-order valence-corrected chi connectivity index (χ3v) is 1.51. The van der Waals surface area contributed by atoms with Crippen LogP contribution in [0.4, 0.5) is 0 Å². The molecule has 0 radical (unpaired) electrons. The molecule has 0 saturated carbocycles. The molecule has 1 aliphatic heterocycles. The smallest absolute Gasteiger partial charge is 0.0517 e. The van der Waals surface area contributed by atoms with Crippen molar-refractivity contribution < 1.29 is 4.74 Å². The first kappa shape index (κ1) is 8.14. The Morgan fingerprint density at radius 2 is 2.45 bits per heavy atom. The molecular weight excluding hydrogens is 140 g/mol. The lowest BCUT2D eigenvalue weighted by Crippen LogP contribution is -2.17. The van der Waals surface area contributed by atoms with Gasteiger partial charge in [0.2, 0.25) is 0 Å². The molecular formula is C8H14N2O. The summed E-state index contributed by atoms with van der Waals surface area (Å²) in [6.07, 6.45) is 6.88. The van der Waals surface area contributed by atoms with E-state index in [0.717, 1.165) is 13.0 Å². The Hall–Kier alpha value is -0.960. The topological polar surface area (TPSA) is 24.5 Å². The Morgan fingerprint density at radius 1 is 1.64 bits per heavy atom. The van der Waals surface area contributed by atoms with E-state index in [2.05, 4.69) is 11.5 Å². The average Bonchev–Trinajstić information content (AvgIpc) is 2.01. The van der Waals surface area contributed by atoms with Crippen molar-refractivity contribution in [2.75, 3.05) is 20.8 Å². The number of rotatable bonds is 3. The minimum Gasteiger partial charge on any atom is -0.384 e. The molecule has 1 heterocycles. The Morgan fingerprint density at radius 3 is 3.09 bits per heavy atom. The normalized spacial score (nSPS) is 16.2. The van der Waals surface area contributed by atoms with Gasteiger partial charge in [0, 0.05) is 44.9 Å². The molecule has 1 rings (SSSR count). The summed E-state index contributed by atoms with van der Waals surface area (Å²) in [6.45, 7) is 0.764. The number of nitrogens with zero attached hydrogens (tertiary/aromatic N) is 1. The Kier molecular flexibility index (Phi) is 2.98. The van der Waals surface area contributed by atoms with Gasteiger partial charge in [0.1, 0.15) is 0 Å². The van der Waals surface area contributed by atoms with Crippen LogP contribution in [0.25, 0.3) is 0 Å². The van der Waals surface area contributed by atoms with Crippen LogP contribution in [0.1, 0.15) is 6.42 Å². The van der Waals surface area contributed by atoms with Crippen LogP contribution in [0.5, 0.6) is 0 Å². The summed E-state index contributed by atoms with van der Waals surface area (Å²) in [7, 11) is 3.72. The molecule has 0 aromatic heterocycles. The van der Waals surface area contributed by atoms with Crippen LogP contribution in [0, 0.1) is 0 Å². The standard InChI is InChI=1S/C8H14N2O/c1-10-5-4-9-8(7-10)3-6-11-2/h4-5,7,9H,3,6H2,1-2H3. The van der Waals surface area contributed by atoms with E-state index in [-0.39, 0.29) is 0 Å². The fourth-order valence-electron chi connectivity index (χ4n) is 0.937. The lowest BCUT2D eigenvalue weighted by atomic mass is 10.3. The summed E-state index contributed by atoms with van der Waals surface area (Å²) in [5.41, 5.74) is 1.19. The second-order valence-electron chi connectivity index (χ2n) is 2.52. The largest absolute Gasteiger partial charge is 0.384 e. The van der Waals surface area contributed by atoms with Gasteiger partial charge in [-0.1, -0.05) is 0 Å². The fraction of sp³-hybridized carbons (Fsp3) is 0.500.